The summed E-state index contributed by atoms with van der Waals surface area (Å²) in [7, 11) is 0. The molecule has 1 nitrogen and oxygen atoms in total. The number of rotatable bonds is 1. The van der Waals surface area contributed by atoms with E-state index in [4.69, 9.17) is 12.6 Å². The summed E-state index contributed by atoms with van der Waals surface area (Å²) in [6.45, 7) is 1.58. The van der Waals surface area contributed by atoms with Gasteiger partial charge < -0.3 is 4.42 Å². The van der Waals surface area contributed by atoms with Gasteiger partial charge in [0.2, 0.25) is 0 Å². The molecule has 0 saturated heterocycles. The first kappa shape index (κ1) is 6.76. The summed E-state index contributed by atoms with van der Waals surface area (Å²) in [6.07, 6.45) is 0. The van der Waals surface area contributed by atoms with Crippen LogP contribution in [0.5, 0.6) is 0 Å². The van der Waals surface area contributed by atoms with Gasteiger partial charge in [-0.25, -0.2) is 0 Å². The minimum Gasteiger partial charge on any atom is -0.455 e. The van der Waals surface area contributed by atoms with E-state index in [0.717, 1.165) is 0 Å². The third kappa shape index (κ3) is 1.64. The van der Waals surface area contributed by atoms with Gasteiger partial charge in [0.1, 0.15) is 11.2 Å². The molecule has 0 aliphatic rings. The van der Waals surface area contributed by atoms with E-state index in [-0.39, 0.29) is 58.2 Å². The van der Waals surface area contributed by atoms with Gasteiger partial charge in [-0.15, -0.1) is 0 Å². The van der Waals surface area contributed by atoms with E-state index >= 15 is 0 Å². The van der Waals surface area contributed by atoms with Gasteiger partial charge in [-0.3, -0.25) is 0 Å². The molecule has 0 radical (unpaired) electrons. The largest absolute Gasteiger partial charge is 0.455 e. The Kier molecular flexibility index (Phi) is 1.43. The summed E-state index contributed by atoms with van der Waals surface area (Å²) in [5.74, 6) is 0. The molecule has 0 saturated carbocycles. The molecule has 1 aromatic heterocycles. The van der Waals surface area contributed by atoms with Gasteiger partial charge in [0.05, 0.1) is 8.22 Å². The Morgan fingerprint density at radius 3 is 2.65 bits per heavy atom. The molecule has 0 unspecified atom stereocenters. The number of benzene rings is 3. The predicted molar refractivity (Wildman–Crippen MR) is 83.9 cm³/mol. The fourth-order valence-corrected chi connectivity index (χ4v) is 2.31. The summed E-state index contributed by atoms with van der Waals surface area (Å²) in [4.78, 5) is 0. The van der Waals surface area contributed by atoms with Crippen molar-refractivity contribution in [2.45, 2.75) is 6.92 Å². The highest BCUT2D eigenvalue weighted by molar-refractivity contribution is 6.09. The molecule has 0 fully saturated rings. The van der Waals surface area contributed by atoms with E-state index in [1.807, 2.05) is 6.07 Å². The molecular formula is C19H14O. The highest BCUT2D eigenvalue weighted by Gasteiger charge is 2.11. The quantitative estimate of drug-likeness (QED) is 0.438. The number of hydrogen-bond acceptors (Lipinski definition) is 1. The normalized spacial score (nSPS) is 15.4. The van der Waals surface area contributed by atoms with Crippen molar-refractivity contribution in [3.8, 4) is 11.1 Å². The lowest BCUT2D eigenvalue weighted by Gasteiger charge is -2.01. The lowest BCUT2D eigenvalue weighted by Crippen LogP contribution is -1.77. The van der Waals surface area contributed by atoms with Crippen molar-refractivity contribution >= 4 is 21.9 Å². The second-order valence-electron chi connectivity index (χ2n) is 4.63. The van der Waals surface area contributed by atoms with Gasteiger partial charge in [0.15, 0.2) is 0 Å². The first-order chi connectivity index (χ1) is 12.3. The van der Waals surface area contributed by atoms with Crippen LogP contribution in [0, 0.1) is 6.92 Å². The van der Waals surface area contributed by atoms with Gasteiger partial charge in [0.25, 0.3) is 0 Å². The highest BCUT2D eigenvalue weighted by Crippen LogP contribution is 2.35. The third-order valence-electron chi connectivity index (χ3n) is 3.25. The van der Waals surface area contributed by atoms with Gasteiger partial charge in [-0.1, -0.05) is 60.5 Å². The summed E-state index contributed by atoms with van der Waals surface area (Å²) < 4.78 is 55.3. The first-order valence-corrected chi connectivity index (χ1v) is 6.32. The van der Waals surface area contributed by atoms with Crippen molar-refractivity contribution in [3.63, 3.8) is 0 Å². The zero-order valence-electron chi connectivity index (χ0n) is 16.8. The molecule has 20 heavy (non-hydrogen) atoms. The smallest absolute Gasteiger partial charge is 0.143 e. The van der Waals surface area contributed by atoms with Crippen LogP contribution < -0.4 is 0 Å². The summed E-state index contributed by atoms with van der Waals surface area (Å²) in [5, 5.41) is 0.406. The van der Waals surface area contributed by atoms with Crippen molar-refractivity contribution in [3.05, 3.63) is 72.1 Å². The minimum absolute atomic E-state index is 0.00586. The van der Waals surface area contributed by atoms with E-state index in [1.165, 1.54) is 0 Å². The topological polar surface area (TPSA) is 13.1 Å². The van der Waals surface area contributed by atoms with Crippen LogP contribution in [0.3, 0.4) is 0 Å². The zero-order valence-corrected chi connectivity index (χ0v) is 10.8. The number of para-hydroxylation sites is 1. The molecule has 0 atom stereocenters. The van der Waals surface area contributed by atoms with E-state index in [1.54, 1.807) is 31.2 Å². The zero-order chi connectivity index (χ0) is 18.7. The highest BCUT2D eigenvalue weighted by atomic mass is 16.3. The molecule has 0 amide bonds. The fraction of sp³-hybridized carbons (Fsp3) is 0.0526. The predicted octanol–water partition coefficient (Wildman–Crippen LogP) is 5.56. The Labute approximate surface area is 125 Å². The van der Waals surface area contributed by atoms with E-state index in [2.05, 4.69) is 0 Å². The summed E-state index contributed by atoms with van der Waals surface area (Å²) in [6, 6.07) is 8.17. The van der Waals surface area contributed by atoms with Crippen LogP contribution in [0.4, 0.5) is 0 Å². The Bertz CT molecular complexity index is 1190. The van der Waals surface area contributed by atoms with E-state index < -0.39 is 0 Å². The molecule has 96 valence electrons. The van der Waals surface area contributed by atoms with Crippen molar-refractivity contribution in [1.29, 1.82) is 0 Å². The average Bonchev–Trinajstić information content (AvgIpc) is 3.04. The Balaban J connectivity index is 2.32. The third-order valence-corrected chi connectivity index (χ3v) is 3.25. The molecule has 0 aliphatic heterocycles. The standard InChI is InChI=1S/C19H14O/c1-13-10-11-16-17-9-5-8-15(14-6-3-2-4-7-14)19(17)20-18(16)12-13/h2-12H,1H3/i5D,8D,9D,10D,11D,12D. The lowest BCUT2D eigenvalue weighted by atomic mass is 10.0. The molecular weight excluding hydrogens is 244 g/mol. The van der Waals surface area contributed by atoms with Crippen LogP contribution >= 0.6 is 0 Å². The maximum atomic E-state index is 8.32. The van der Waals surface area contributed by atoms with Crippen LogP contribution in [0.1, 0.15) is 13.8 Å². The van der Waals surface area contributed by atoms with E-state index in [9.17, 15) is 0 Å². The molecule has 1 heteroatoms. The lowest BCUT2D eigenvalue weighted by molar-refractivity contribution is 0.669. The monoisotopic (exact) mass is 264 g/mol. The van der Waals surface area contributed by atoms with E-state index in [0.29, 0.717) is 16.7 Å². The number of fused-ring (bicyclic) bond motifs is 3. The second-order valence-corrected chi connectivity index (χ2v) is 4.63. The molecule has 3 aromatic carbocycles. The van der Waals surface area contributed by atoms with Crippen molar-refractivity contribution in [1.82, 2.24) is 0 Å². The van der Waals surface area contributed by atoms with Crippen LogP contribution in [0.2, 0.25) is 0 Å². The molecule has 4 aromatic rings. The van der Waals surface area contributed by atoms with Crippen molar-refractivity contribution < 1.29 is 12.6 Å². The minimum atomic E-state index is -0.267. The van der Waals surface area contributed by atoms with Crippen LogP contribution in [0.15, 0.2) is 71.0 Å². The first-order valence-electron chi connectivity index (χ1n) is 9.32. The molecule has 0 N–H and O–H groups in total. The molecule has 1 heterocycles. The van der Waals surface area contributed by atoms with Gasteiger partial charge in [-0.05, 0) is 24.1 Å². The summed E-state index contributed by atoms with van der Waals surface area (Å²) >= 11 is 0. The Hall–Kier alpha value is -2.54. The van der Waals surface area contributed by atoms with Crippen LogP contribution in [-0.4, -0.2) is 0 Å². The van der Waals surface area contributed by atoms with Gasteiger partial charge in [-0.2, -0.15) is 0 Å². The number of hydrogen-bond donors (Lipinski definition) is 0. The van der Waals surface area contributed by atoms with Crippen LogP contribution in [0.25, 0.3) is 33.1 Å². The maximum absolute atomic E-state index is 8.32. The van der Waals surface area contributed by atoms with Gasteiger partial charge in [0, 0.05) is 16.3 Å². The Morgan fingerprint density at radius 2 is 1.80 bits per heavy atom. The SMILES string of the molecule is [2H]c1c([2H])c([2H])c2c(oc3c([2H])c(C)c([2H])c([2H])c32)c1-c1ccccc1. The molecule has 0 spiro atoms. The Morgan fingerprint density at radius 1 is 0.950 bits per heavy atom. The van der Waals surface area contributed by atoms with Crippen LogP contribution in [-0.2, 0) is 0 Å². The van der Waals surface area contributed by atoms with Gasteiger partial charge >= 0.3 is 0 Å². The van der Waals surface area contributed by atoms with Crippen molar-refractivity contribution in [2.24, 2.45) is 0 Å². The van der Waals surface area contributed by atoms with Crippen molar-refractivity contribution in [2.75, 3.05) is 0 Å². The summed E-state index contributed by atoms with van der Waals surface area (Å²) in [5.41, 5.74) is 1.68. The second kappa shape index (κ2) is 4.24. The maximum Gasteiger partial charge on any atom is 0.143 e. The molecule has 0 bridgehead atoms. The molecule has 4 rings (SSSR count). The number of furan rings is 1. The average molecular weight is 264 g/mol. The molecule has 0 aliphatic carbocycles. The fourth-order valence-electron chi connectivity index (χ4n) is 2.31.